The highest BCUT2D eigenvalue weighted by atomic mass is 32.1. The summed E-state index contributed by atoms with van der Waals surface area (Å²) in [6.07, 6.45) is 9.85. The lowest BCUT2D eigenvalue weighted by Crippen LogP contribution is -2.17. The van der Waals surface area contributed by atoms with Crippen molar-refractivity contribution in [1.82, 2.24) is 4.57 Å². The van der Waals surface area contributed by atoms with Gasteiger partial charge in [0.25, 0.3) is 5.91 Å². The molecule has 0 atom stereocenters. The fraction of sp³-hybridized carbons (Fsp3) is 0.238. The molecule has 0 radical (unpaired) electrons. The average molecular weight is 364 g/mol. The molecular formula is C21H17FN2OS. The summed E-state index contributed by atoms with van der Waals surface area (Å²) in [5.74, 6) is 1.83. The van der Waals surface area contributed by atoms with Crippen LogP contribution in [0.25, 0.3) is 10.2 Å². The number of aryl methyl sites for hydroxylation is 2. The number of nitrogens with zero attached hydrogens (tertiary/aromatic N) is 2. The van der Waals surface area contributed by atoms with Crippen LogP contribution >= 0.6 is 11.3 Å². The quantitative estimate of drug-likeness (QED) is 0.631. The first-order valence-electron chi connectivity index (χ1n) is 8.59. The van der Waals surface area contributed by atoms with Crippen molar-refractivity contribution in [2.45, 2.75) is 32.2 Å². The van der Waals surface area contributed by atoms with Crippen molar-refractivity contribution < 1.29 is 9.18 Å². The number of hydrogen-bond acceptors (Lipinski definition) is 2. The van der Waals surface area contributed by atoms with E-state index in [0.29, 0.717) is 15.9 Å². The second-order valence-electron chi connectivity index (χ2n) is 6.37. The zero-order valence-electron chi connectivity index (χ0n) is 14.2. The third-order valence-corrected chi connectivity index (χ3v) is 5.74. The van der Waals surface area contributed by atoms with E-state index in [1.165, 1.54) is 35.0 Å². The van der Waals surface area contributed by atoms with Gasteiger partial charge in [-0.05, 0) is 61.1 Å². The highest BCUT2D eigenvalue weighted by Crippen LogP contribution is 2.23. The van der Waals surface area contributed by atoms with E-state index in [4.69, 9.17) is 6.42 Å². The lowest BCUT2D eigenvalue weighted by Gasteiger charge is -2.15. The Bertz CT molecular complexity index is 1120. The topological polar surface area (TPSA) is 34.4 Å². The minimum atomic E-state index is -0.364. The summed E-state index contributed by atoms with van der Waals surface area (Å²) in [6.45, 7) is 0.164. The number of carbonyl (C=O) groups is 1. The number of rotatable bonds is 2. The first-order valence-corrected chi connectivity index (χ1v) is 9.41. The second kappa shape index (κ2) is 6.89. The number of aromatic nitrogens is 1. The molecule has 0 aliphatic heterocycles. The number of benzene rings is 2. The molecule has 0 N–H and O–H groups in total. The number of fused-ring (bicyclic) bond motifs is 2. The normalized spacial score (nSPS) is 14.2. The fourth-order valence-electron chi connectivity index (χ4n) is 3.43. The Labute approximate surface area is 154 Å². The zero-order valence-corrected chi connectivity index (χ0v) is 15.0. The van der Waals surface area contributed by atoms with Crippen molar-refractivity contribution in [3.8, 4) is 12.3 Å². The van der Waals surface area contributed by atoms with Crippen LogP contribution in [0.5, 0.6) is 0 Å². The van der Waals surface area contributed by atoms with Gasteiger partial charge in [0.1, 0.15) is 5.82 Å². The number of amides is 1. The van der Waals surface area contributed by atoms with Crippen LogP contribution in [0.4, 0.5) is 4.39 Å². The summed E-state index contributed by atoms with van der Waals surface area (Å²) < 4.78 is 16.5. The van der Waals surface area contributed by atoms with Crippen LogP contribution in [0.1, 0.15) is 34.3 Å². The maximum atomic E-state index is 14.2. The van der Waals surface area contributed by atoms with Gasteiger partial charge < -0.3 is 4.57 Å². The predicted molar refractivity (Wildman–Crippen MR) is 102 cm³/mol. The molecule has 0 unspecified atom stereocenters. The average Bonchev–Trinajstić information content (AvgIpc) is 3.00. The number of hydrogen-bond donors (Lipinski definition) is 0. The highest BCUT2D eigenvalue weighted by Gasteiger charge is 2.14. The predicted octanol–water partition coefficient (Wildman–Crippen LogP) is 4.10. The van der Waals surface area contributed by atoms with Crippen LogP contribution in [0.3, 0.4) is 0 Å². The molecule has 0 saturated carbocycles. The van der Waals surface area contributed by atoms with E-state index in [0.717, 1.165) is 24.0 Å². The summed E-state index contributed by atoms with van der Waals surface area (Å²) in [5.41, 5.74) is 3.51. The number of carbonyl (C=O) groups excluding carboxylic acids is 1. The Kier molecular flexibility index (Phi) is 4.44. The van der Waals surface area contributed by atoms with Gasteiger partial charge in [-0.1, -0.05) is 29.4 Å². The van der Waals surface area contributed by atoms with Crippen LogP contribution < -0.4 is 4.80 Å². The van der Waals surface area contributed by atoms with E-state index in [-0.39, 0.29) is 18.3 Å². The van der Waals surface area contributed by atoms with Gasteiger partial charge in [-0.2, -0.15) is 4.99 Å². The monoisotopic (exact) mass is 364 g/mol. The second-order valence-corrected chi connectivity index (χ2v) is 7.38. The SMILES string of the molecule is C#CCn1c(=NC(=O)c2ccc3c(c2)CCCC3)sc2cccc(F)c21. The standard InChI is InChI=1S/C21H17FN2OS/c1-2-12-24-19-17(22)8-5-9-18(19)26-21(24)23-20(25)16-11-10-14-6-3-4-7-15(14)13-16/h1,5,8-11,13H,3-4,6-7,12H2. The summed E-state index contributed by atoms with van der Waals surface area (Å²) in [6, 6.07) is 10.6. The van der Waals surface area contributed by atoms with Crippen molar-refractivity contribution >= 4 is 27.5 Å². The molecule has 0 saturated heterocycles. The Morgan fingerprint density at radius 3 is 2.85 bits per heavy atom. The van der Waals surface area contributed by atoms with Crippen LogP contribution in [-0.2, 0) is 19.4 Å². The lowest BCUT2D eigenvalue weighted by atomic mass is 9.90. The van der Waals surface area contributed by atoms with Crippen molar-refractivity contribution in [3.63, 3.8) is 0 Å². The minimum absolute atomic E-state index is 0.164. The molecule has 0 fully saturated rings. The van der Waals surface area contributed by atoms with Crippen LogP contribution in [-0.4, -0.2) is 10.5 Å². The van der Waals surface area contributed by atoms with Gasteiger partial charge in [-0.3, -0.25) is 4.79 Å². The van der Waals surface area contributed by atoms with Crippen molar-refractivity contribution in [3.05, 3.63) is 63.7 Å². The molecule has 0 bridgehead atoms. The molecule has 1 aliphatic carbocycles. The molecule has 130 valence electrons. The van der Waals surface area contributed by atoms with E-state index in [1.54, 1.807) is 16.7 Å². The van der Waals surface area contributed by atoms with Gasteiger partial charge in [-0.15, -0.1) is 6.42 Å². The number of halogens is 1. The largest absolute Gasteiger partial charge is 0.302 e. The van der Waals surface area contributed by atoms with Crippen LogP contribution in [0, 0.1) is 18.2 Å². The number of thiazole rings is 1. The van der Waals surface area contributed by atoms with E-state index < -0.39 is 0 Å². The maximum absolute atomic E-state index is 14.2. The molecule has 4 rings (SSSR count). The summed E-state index contributed by atoms with van der Waals surface area (Å²) in [7, 11) is 0. The van der Waals surface area contributed by atoms with Crippen LogP contribution in [0.15, 0.2) is 41.4 Å². The molecule has 3 aromatic rings. The summed E-state index contributed by atoms with van der Waals surface area (Å²) in [4.78, 5) is 17.4. The van der Waals surface area contributed by atoms with Crippen molar-refractivity contribution in [1.29, 1.82) is 0 Å². The molecular weight excluding hydrogens is 347 g/mol. The molecule has 26 heavy (non-hydrogen) atoms. The zero-order chi connectivity index (χ0) is 18.1. The molecule has 2 aromatic carbocycles. The van der Waals surface area contributed by atoms with E-state index in [1.807, 2.05) is 18.2 Å². The van der Waals surface area contributed by atoms with Gasteiger partial charge in [-0.25, -0.2) is 4.39 Å². The van der Waals surface area contributed by atoms with Gasteiger partial charge in [0.2, 0.25) is 0 Å². The van der Waals surface area contributed by atoms with Gasteiger partial charge in [0, 0.05) is 5.56 Å². The molecule has 5 heteroatoms. The Morgan fingerprint density at radius 1 is 1.23 bits per heavy atom. The smallest absolute Gasteiger partial charge is 0.279 e. The molecule has 3 nitrogen and oxygen atoms in total. The third-order valence-electron chi connectivity index (χ3n) is 4.69. The van der Waals surface area contributed by atoms with Gasteiger partial charge >= 0.3 is 0 Å². The number of para-hydroxylation sites is 1. The summed E-state index contributed by atoms with van der Waals surface area (Å²) >= 11 is 1.27. The van der Waals surface area contributed by atoms with E-state index in [2.05, 4.69) is 10.9 Å². The van der Waals surface area contributed by atoms with Crippen molar-refractivity contribution in [2.75, 3.05) is 0 Å². The molecule has 0 spiro atoms. The first kappa shape index (κ1) is 16.7. The highest BCUT2D eigenvalue weighted by molar-refractivity contribution is 7.16. The Balaban J connectivity index is 1.81. The van der Waals surface area contributed by atoms with E-state index in [9.17, 15) is 9.18 Å². The van der Waals surface area contributed by atoms with Crippen LogP contribution in [0.2, 0.25) is 0 Å². The Hall–Kier alpha value is -2.71. The molecule has 1 heterocycles. The Morgan fingerprint density at radius 2 is 2.04 bits per heavy atom. The molecule has 1 aromatic heterocycles. The van der Waals surface area contributed by atoms with Gasteiger partial charge in [0.05, 0.1) is 16.8 Å². The molecule has 1 amide bonds. The minimum Gasteiger partial charge on any atom is -0.302 e. The number of terminal acetylenes is 1. The molecule has 1 aliphatic rings. The lowest BCUT2D eigenvalue weighted by molar-refractivity contribution is 0.0997. The first-order chi connectivity index (χ1) is 12.7. The summed E-state index contributed by atoms with van der Waals surface area (Å²) in [5, 5.41) is 0. The van der Waals surface area contributed by atoms with Gasteiger partial charge in [0.15, 0.2) is 4.80 Å². The fourth-order valence-corrected chi connectivity index (χ4v) is 4.47. The van der Waals surface area contributed by atoms with Crippen molar-refractivity contribution in [2.24, 2.45) is 4.99 Å². The maximum Gasteiger partial charge on any atom is 0.279 e. The third kappa shape index (κ3) is 2.97. The van der Waals surface area contributed by atoms with E-state index >= 15 is 0 Å².